The summed E-state index contributed by atoms with van der Waals surface area (Å²) in [6.07, 6.45) is 3.84. The number of carbonyl (C=O) groups is 1. The van der Waals surface area contributed by atoms with Gasteiger partial charge in [-0.1, -0.05) is 12.1 Å². The maximum absolute atomic E-state index is 13.0. The second-order valence-corrected chi connectivity index (χ2v) is 5.42. The number of nitrogens with zero attached hydrogens (tertiary/aromatic N) is 3. The van der Waals surface area contributed by atoms with Crippen LogP contribution in [0.25, 0.3) is 5.65 Å². The highest BCUT2D eigenvalue weighted by molar-refractivity contribution is 6.09. The lowest BCUT2D eigenvalue weighted by Gasteiger charge is -2.21. The Morgan fingerprint density at radius 2 is 2.05 bits per heavy atom. The van der Waals surface area contributed by atoms with Crippen molar-refractivity contribution in [3.05, 3.63) is 65.6 Å². The number of carbonyl (C=O) groups excluding carboxylic acids is 1. The number of anilines is 1. The van der Waals surface area contributed by atoms with Gasteiger partial charge in [0.15, 0.2) is 0 Å². The standard InChI is InChI=1S/C18H19N3O/c1-4-21(15-8-5-7-13(2)11-15)18(22)16-9-6-10-20-12-14(3)19-17(16)20/h5-12H,4H2,1-3H3. The highest BCUT2D eigenvalue weighted by Crippen LogP contribution is 2.20. The predicted octanol–water partition coefficient (Wildman–Crippen LogP) is 3.62. The van der Waals surface area contributed by atoms with Crippen molar-refractivity contribution in [1.29, 1.82) is 0 Å². The monoisotopic (exact) mass is 293 g/mol. The van der Waals surface area contributed by atoms with Crippen molar-refractivity contribution in [3.63, 3.8) is 0 Å². The van der Waals surface area contributed by atoms with Gasteiger partial charge in [0.05, 0.1) is 11.3 Å². The second-order valence-electron chi connectivity index (χ2n) is 5.42. The fourth-order valence-electron chi connectivity index (χ4n) is 2.69. The number of imidazole rings is 1. The van der Waals surface area contributed by atoms with E-state index < -0.39 is 0 Å². The van der Waals surface area contributed by atoms with Crippen molar-refractivity contribution in [2.45, 2.75) is 20.8 Å². The Labute approximate surface area is 130 Å². The molecule has 0 radical (unpaired) electrons. The van der Waals surface area contributed by atoms with Crippen molar-refractivity contribution < 1.29 is 4.79 Å². The van der Waals surface area contributed by atoms with Crippen LogP contribution in [0, 0.1) is 13.8 Å². The molecule has 2 aromatic heterocycles. The van der Waals surface area contributed by atoms with Crippen LogP contribution in [0.2, 0.25) is 0 Å². The van der Waals surface area contributed by atoms with E-state index >= 15 is 0 Å². The van der Waals surface area contributed by atoms with Crippen LogP contribution >= 0.6 is 0 Å². The number of benzene rings is 1. The molecule has 0 atom stereocenters. The topological polar surface area (TPSA) is 37.6 Å². The summed E-state index contributed by atoms with van der Waals surface area (Å²) >= 11 is 0. The Balaban J connectivity index is 2.07. The molecule has 2 heterocycles. The largest absolute Gasteiger partial charge is 0.309 e. The molecule has 3 aromatic rings. The Morgan fingerprint density at radius 1 is 1.23 bits per heavy atom. The third-order valence-corrected chi connectivity index (χ3v) is 3.71. The van der Waals surface area contributed by atoms with Gasteiger partial charge in [-0.3, -0.25) is 4.79 Å². The number of amides is 1. The fourth-order valence-corrected chi connectivity index (χ4v) is 2.69. The van der Waals surface area contributed by atoms with Crippen LogP contribution in [0.15, 0.2) is 48.8 Å². The molecule has 1 amide bonds. The maximum atomic E-state index is 13.0. The molecular formula is C18H19N3O. The Hall–Kier alpha value is -2.62. The van der Waals surface area contributed by atoms with Gasteiger partial charge in [0.25, 0.3) is 5.91 Å². The number of aromatic nitrogens is 2. The molecule has 0 aliphatic carbocycles. The van der Waals surface area contributed by atoms with E-state index in [0.717, 1.165) is 16.9 Å². The van der Waals surface area contributed by atoms with E-state index in [4.69, 9.17) is 0 Å². The Kier molecular flexibility index (Phi) is 3.67. The Morgan fingerprint density at radius 3 is 2.77 bits per heavy atom. The third-order valence-electron chi connectivity index (χ3n) is 3.71. The second kappa shape index (κ2) is 5.64. The molecule has 0 bridgehead atoms. The zero-order valence-corrected chi connectivity index (χ0v) is 13.1. The smallest absolute Gasteiger partial charge is 0.262 e. The first-order valence-corrected chi connectivity index (χ1v) is 7.43. The molecule has 4 heteroatoms. The minimum absolute atomic E-state index is 0.0238. The molecule has 0 aliphatic rings. The highest BCUT2D eigenvalue weighted by Gasteiger charge is 2.19. The highest BCUT2D eigenvalue weighted by atomic mass is 16.2. The number of hydrogen-bond donors (Lipinski definition) is 0. The first kappa shape index (κ1) is 14.3. The summed E-state index contributed by atoms with van der Waals surface area (Å²) < 4.78 is 1.90. The summed E-state index contributed by atoms with van der Waals surface area (Å²) in [5, 5.41) is 0. The molecule has 0 saturated heterocycles. The van der Waals surface area contributed by atoms with E-state index in [-0.39, 0.29) is 5.91 Å². The molecule has 3 rings (SSSR count). The van der Waals surface area contributed by atoms with Gasteiger partial charge in [-0.25, -0.2) is 4.98 Å². The van der Waals surface area contributed by atoms with E-state index in [1.165, 1.54) is 0 Å². The molecule has 0 unspecified atom stereocenters. The van der Waals surface area contributed by atoms with Crippen molar-refractivity contribution in [1.82, 2.24) is 9.38 Å². The van der Waals surface area contributed by atoms with Gasteiger partial charge in [-0.05, 0) is 50.6 Å². The van der Waals surface area contributed by atoms with Crippen LogP contribution in [0.4, 0.5) is 5.69 Å². The molecular weight excluding hydrogens is 274 g/mol. The van der Waals surface area contributed by atoms with Crippen molar-refractivity contribution in [3.8, 4) is 0 Å². The molecule has 0 spiro atoms. The summed E-state index contributed by atoms with van der Waals surface area (Å²) in [7, 11) is 0. The maximum Gasteiger partial charge on any atom is 0.262 e. The molecule has 22 heavy (non-hydrogen) atoms. The average Bonchev–Trinajstić information content (AvgIpc) is 2.88. The van der Waals surface area contributed by atoms with Crippen LogP contribution in [0.1, 0.15) is 28.5 Å². The van der Waals surface area contributed by atoms with Crippen LogP contribution < -0.4 is 4.90 Å². The van der Waals surface area contributed by atoms with Gasteiger partial charge in [-0.15, -0.1) is 0 Å². The minimum Gasteiger partial charge on any atom is -0.309 e. The first-order valence-electron chi connectivity index (χ1n) is 7.43. The van der Waals surface area contributed by atoms with Crippen LogP contribution in [0.3, 0.4) is 0 Å². The van der Waals surface area contributed by atoms with Crippen molar-refractivity contribution >= 4 is 17.2 Å². The van der Waals surface area contributed by atoms with Gasteiger partial charge < -0.3 is 9.30 Å². The van der Waals surface area contributed by atoms with E-state index in [1.807, 2.05) is 74.0 Å². The summed E-state index contributed by atoms with van der Waals surface area (Å²) in [4.78, 5) is 19.2. The van der Waals surface area contributed by atoms with Crippen molar-refractivity contribution in [2.75, 3.05) is 11.4 Å². The number of aryl methyl sites for hydroxylation is 2. The molecule has 112 valence electrons. The molecule has 0 aliphatic heterocycles. The SMILES string of the molecule is CCN(C(=O)c1cccn2cc(C)nc12)c1cccc(C)c1. The average molecular weight is 293 g/mol. The summed E-state index contributed by atoms with van der Waals surface area (Å²) in [6.45, 7) is 6.56. The van der Waals surface area contributed by atoms with Crippen LogP contribution in [-0.4, -0.2) is 21.8 Å². The van der Waals surface area contributed by atoms with Gasteiger partial charge in [-0.2, -0.15) is 0 Å². The lowest BCUT2D eigenvalue weighted by atomic mass is 10.1. The number of fused-ring (bicyclic) bond motifs is 1. The van der Waals surface area contributed by atoms with E-state index in [0.29, 0.717) is 17.8 Å². The minimum atomic E-state index is -0.0238. The molecule has 0 N–H and O–H groups in total. The van der Waals surface area contributed by atoms with Gasteiger partial charge >= 0.3 is 0 Å². The molecule has 4 nitrogen and oxygen atoms in total. The quantitative estimate of drug-likeness (QED) is 0.739. The molecule has 0 saturated carbocycles. The number of rotatable bonds is 3. The lowest BCUT2D eigenvalue weighted by molar-refractivity contribution is 0.0989. The number of hydrogen-bond acceptors (Lipinski definition) is 2. The van der Waals surface area contributed by atoms with Gasteiger partial charge in [0, 0.05) is 24.6 Å². The summed E-state index contributed by atoms with van der Waals surface area (Å²) in [6, 6.07) is 11.7. The molecule has 0 fully saturated rings. The first-order chi connectivity index (χ1) is 10.6. The predicted molar refractivity (Wildman–Crippen MR) is 88.5 cm³/mol. The number of pyridine rings is 1. The van der Waals surface area contributed by atoms with E-state index in [1.54, 1.807) is 4.90 Å². The fraction of sp³-hybridized carbons (Fsp3) is 0.222. The van der Waals surface area contributed by atoms with E-state index in [9.17, 15) is 4.79 Å². The zero-order chi connectivity index (χ0) is 15.7. The molecule has 1 aromatic carbocycles. The zero-order valence-electron chi connectivity index (χ0n) is 13.1. The lowest BCUT2D eigenvalue weighted by Crippen LogP contribution is -2.31. The summed E-state index contributed by atoms with van der Waals surface area (Å²) in [5.41, 5.74) is 4.28. The normalized spacial score (nSPS) is 10.9. The van der Waals surface area contributed by atoms with Crippen LogP contribution in [-0.2, 0) is 0 Å². The van der Waals surface area contributed by atoms with Gasteiger partial charge in [0.2, 0.25) is 0 Å². The third kappa shape index (κ3) is 2.48. The van der Waals surface area contributed by atoms with E-state index in [2.05, 4.69) is 4.98 Å². The Bertz CT molecular complexity index is 835. The van der Waals surface area contributed by atoms with Crippen LogP contribution in [0.5, 0.6) is 0 Å². The summed E-state index contributed by atoms with van der Waals surface area (Å²) in [5.74, 6) is -0.0238. The van der Waals surface area contributed by atoms with Gasteiger partial charge in [0.1, 0.15) is 5.65 Å². The van der Waals surface area contributed by atoms with Crippen molar-refractivity contribution in [2.24, 2.45) is 0 Å².